The second-order valence-corrected chi connectivity index (χ2v) is 7.88. The lowest BCUT2D eigenvalue weighted by molar-refractivity contribution is -0.123. The van der Waals surface area contributed by atoms with E-state index in [-0.39, 0.29) is 9.90 Å². The molecule has 0 aliphatic heterocycles. The monoisotopic (exact) mass is 445 g/mol. The van der Waals surface area contributed by atoms with Crippen LogP contribution in [0.1, 0.15) is 16.6 Å². The van der Waals surface area contributed by atoms with E-state index in [1.54, 1.807) is 0 Å². The number of fused-ring (bicyclic) bond motifs is 1. The van der Waals surface area contributed by atoms with Crippen LogP contribution in [0.4, 0.5) is 10.1 Å². The van der Waals surface area contributed by atoms with Crippen molar-refractivity contribution in [2.75, 3.05) is 5.32 Å². The molecule has 3 rings (SSSR count). The Balaban J connectivity index is 1.73. The summed E-state index contributed by atoms with van der Waals surface area (Å²) in [5.41, 5.74) is 0.371. The fourth-order valence-corrected chi connectivity index (χ4v) is 4.25. The molecule has 0 saturated carbocycles. The van der Waals surface area contributed by atoms with Gasteiger partial charge in [-0.2, -0.15) is 0 Å². The number of rotatable bonds is 4. The minimum absolute atomic E-state index is 0.0997. The number of carbonyl (C=O) groups excluding carboxylic acids is 2. The number of esters is 1. The highest BCUT2D eigenvalue weighted by Gasteiger charge is 2.24. The molecule has 0 aliphatic carbocycles. The molecule has 140 valence electrons. The highest BCUT2D eigenvalue weighted by Crippen LogP contribution is 2.36. The molecule has 1 atom stereocenters. The molecular formula is C18H11Cl3FNO3S. The quantitative estimate of drug-likeness (QED) is 0.487. The van der Waals surface area contributed by atoms with Crippen LogP contribution in [0.2, 0.25) is 15.1 Å². The Kier molecular flexibility index (Phi) is 5.91. The molecule has 3 aromatic rings. The number of ether oxygens (including phenoxy) is 1. The first-order valence-corrected chi connectivity index (χ1v) is 9.55. The molecule has 0 aliphatic rings. The average Bonchev–Trinajstić information content (AvgIpc) is 2.90. The number of carbonyl (C=O) groups is 2. The zero-order valence-electron chi connectivity index (χ0n) is 13.7. The molecule has 4 nitrogen and oxygen atoms in total. The third-order valence-corrected chi connectivity index (χ3v) is 5.63. The van der Waals surface area contributed by atoms with Gasteiger partial charge < -0.3 is 10.1 Å². The van der Waals surface area contributed by atoms with Crippen LogP contribution in [-0.2, 0) is 9.53 Å². The Morgan fingerprint density at radius 1 is 1.11 bits per heavy atom. The predicted molar refractivity (Wildman–Crippen MR) is 107 cm³/mol. The first-order chi connectivity index (χ1) is 12.7. The number of hydrogen-bond acceptors (Lipinski definition) is 4. The van der Waals surface area contributed by atoms with Gasteiger partial charge >= 0.3 is 5.97 Å². The average molecular weight is 447 g/mol. The van der Waals surface area contributed by atoms with Crippen molar-refractivity contribution in [1.82, 2.24) is 0 Å². The number of halogens is 4. The van der Waals surface area contributed by atoms with Crippen molar-refractivity contribution in [2.24, 2.45) is 0 Å². The second kappa shape index (κ2) is 8.02. The van der Waals surface area contributed by atoms with Crippen LogP contribution >= 0.6 is 46.1 Å². The van der Waals surface area contributed by atoms with E-state index in [1.807, 2.05) is 0 Å². The van der Waals surface area contributed by atoms with Crippen LogP contribution in [-0.4, -0.2) is 18.0 Å². The van der Waals surface area contributed by atoms with Crippen LogP contribution in [0.5, 0.6) is 0 Å². The Hall–Kier alpha value is -1.86. The molecule has 0 fully saturated rings. The van der Waals surface area contributed by atoms with Gasteiger partial charge in [0.1, 0.15) is 10.7 Å². The van der Waals surface area contributed by atoms with Gasteiger partial charge in [0.25, 0.3) is 5.91 Å². The Bertz CT molecular complexity index is 1030. The summed E-state index contributed by atoms with van der Waals surface area (Å²) in [4.78, 5) is 24.7. The summed E-state index contributed by atoms with van der Waals surface area (Å²) >= 11 is 19.0. The van der Waals surface area contributed by atoms with E-state index in [9.17, 15) is 14.0 Å². The normalized spacial score (nSPS) is 12.0. The van der Waals surface area contributed by atoms with Gasteiger partial charge in [-0.15, -0.1) is 11.3 Å². The molecule has 0 saturated heterocycles. The zero-order valence-corrected chi connectivity index (χ0v) is 16.8. The van der Waals surface area contributed by atoms with Gasteiger partial charge in [-0.3, -0.25) is 4.79 Å². The van der Waals surface area contributed by atoms with Gasteiger partial charge in [0.2, 0.25) is 0 Å². The molecular weight excluding hydrogens is 436 g/mol. The highest BCUT2D eigenvalue weighted by atomic mass is 35.5. The third-order valence-electron chi connectivity index (χ3n) is 3.56. The maximum absolute atomic E-state index is 13.3. The van der Waals surface area contributed by atoms with Gasteiger partial charge in [-0.05, 0) is 43.3 Å². The number of hydrogen-bond donors (Lipinski definition) is 1. The van der Waals surface area contributed by atoms with E-state index in [0.29, 0.717) is 25.8 Å². The van der Waals surface area contributed by atoms with E-state index in [1.165, 1.54) is 43.3 Å². The minimum Gasteiger partial charge on any atom is -0.448 e. The fourth-order valence-electron chi connectivity index (χ4n) is 2.31. The molecule has 0 bridgehead atoms. The first kappa shape index (κ1) is 19.9. The van der Waals surface area contributed by atoms with E-state index >= 15 is 0 Å². The van der Waals surface area contributed by atoms with Crippen LogP contribution in [0, 0.1) is 5.82 Å². The lowest BCUT2D eigenvalue weighted by Gasteiger charge is -2.13. The molecule has 2 aromatic carbocycles. The molecule has 0 spiro atoms. The molecule has 27 heavy (non-hydrogen) atoms. The van der Waals surface area contributed by atoms with Crippen LogP contribution in [0.25, 0.3) is 10.1 Å². The minimum atomic E-state index is -1.10. The largest absolute Gasteiger partial charge is 0.448 e. The van der Waals surface area contributed by atoms with Crippen molar-refractivity contribution in [1.29, 1.82) is 0 Å². The number of nitrogens with one attached hydrogen (secondary N) is 1. The number of amides is 1. The van der Waals surface area contributed by atoms with E-state index in [2.05, 4.69) is 5.32 Å². The van der Waals surface area contributed by atoms with E-state index in [0.717, 1.165) is 11.3 Å². The Labute approximate surface area is 172 Å². The summed E-state index contributed by atoms with van der Waals surface area (Å²) in [6.07, 6.45) is -1.10. The number of benzene rings is 2. The molecule has 1 amide bonds. The standard InChI is InChI=1S/C18H11Cl3FNO3S/c1-8(17(24)23-12-5-9(19)4-10(20)6-12)26-18(25)16-15(21)13-3-2-11(22)7-14(13)27-16/h2-8H,1H3,(H,23,24). The van der Waals surface area contributed by atoms with Gasteiger partial charge in [0.05, 0.1) is 5.02 Å². The molecule has 0 radical (unpaired) electrons. The van der Waals surface area contributed by atoms with Crippen molar-refractivity contribution in [2.45, 2.75) is 13.0 Å². The lowest BCUT2D eigenvalue weighted by Crippen LogP contribution is -2.29. The second-order valence-electron chi connectivity index (χ2n) is 5.58. The van der Waals surface area contributed by atoms with Crippen molar-refractivity contribution < 1.29 is 18.7 Å². The molecule has 1 heterocycles. The van der Waals surface area contributed by atoms with Crippen molar-refractivity contribution in [3.05, 3.63) is 62.2 Å². The van der Waals surface area contributed by atoms with Gasteiger partial charge in [-0.25, -0.2) is 9.18 Å². The predicted octanol–water partition coefficient (Wildman–Crippen LogP) is 6.18. The topological polar surface area (TPSA) is 55.4 Å². The lowest BCUT2D eigenvalue weighted by atomic mass is 10.2. The van der Waals surface area contributed by atoms with Crippen LogP contribution in [0.3, 0.4) is 0 Å². The SMILES string of the molecule is CC(OC(=O)c1sc2cc(F)ccc2c1Cl)C(=O)Nc1cc(Cl)cc(Cl)c1. The van der Waals surface area contributed by atoms with Crippen molar-refractivity contribution in [3.8, 4) is 0 Å². The first-order valence-electron chi connectivity index (χ1n) is 7.60. The van der Waals surface area contributed by atoms with Crippen LogP contribution < -0.4 is 5.32 Å². The summed E-state index contributed by atoms with van der Waals surface area (Å²) in [5.74, 6) is -1.77. The fraction of sp³-hybridized carbons (Fsp3) is 0.111. The summed E-state index contributed by atoms with van der Waals surface area (Å²) in [7, 11) is 0. The van der Waals surface area contributed by atoms with Crippen LogP contribution in [0.15, 0.2) is 36.4 Å². The van der Waals surface area contributed by atoms with Gasteiger partial charge in [-0.1, -0.05) is 34.8 Å². The van der Waals surface area contributed by atoms with Gasteiger partial charge in [0.15, 0.2) is 6.10 Å². The smallest absolute Gasteiger partial charge is 0.350 e. The molecule has 1 N–H and O–H groups in total. The summed E-state index contributed by atoms with van der Waals surface area (Å²) in [6.45, 7) is 1.42. The summed E-state index contributed by atoms with van der Waals surface area (Å²) in [5, 5.41) is 3.98. The highest BCUT2D eigenvalue weighted by molar-refractivity contribution is 7.21. The summed E-state index contributed by atoms with van der Waals surface area (Å²) < 4.78 is 19.0. The van der Waals surface area contributed by atoms with E-state index < -0.39 is 23.8 Å². The van der Waals surface area contributed by atoms with Crippen molar-refractivity contribution >= 4 is 73.8 Å². The number of anilines is 1. The van der Waals surface area contributed by atoms with E-state index in [4.69, 9.17) is 39.5 Å². The summed E-state index contributed by atoms with van der Waals surface area (Å²) in [6, 6.07) is 8.56. The molecule has 9 heteroatoms. The number of thiophene rings is 1. The maximum Gasteiger partial charge on any atom is 0.350 e. The zero-order chi connectivity index (χ0) is 19.7. The maximum atomic E-state index is 13.3. The molecule has 1 unspecified atom stereocenters. The Morgan fingerprint density at radius 2 is 1.78 bits per heavy atom. The Morgan fingerprint density at radius 3 is 2.44 bits per heavy atom. The van der Waals surface area contributed by atoms with Gasteiger partial charge in [0, 0.05) is 25.8 Å². The third kappa shape index (κ3) is 4.52. The van der Waals surface area contributed by atoms with Crippen molar-refractivity contribution in [3.63, 3.8) is 0 Å². The molecule has 1 aromatic heterocycles.